The second-order valence-electron chi connectivity index (χ2n) is 5.23. The topological polar surface area (TPSA) is 76.0 Å². The molecule has 6 heteroatoms. The smallest absolute Gasteiger partial charge is 0.251 e. The molecule has 1 aromatic heterocycles. The fourth-order valence-corrected chi connectivity index (χ4v) is 2.42. The van der Waals surface area contributed by atoms with Crippen molar-refractivity contribution in [3.8, 4) is 0 Å². The minimum Gasteiger partial charge on any atom is -0.348 e. The molecule has 2 heterocycles. The number of nitrogens with zero attached hydrogens (tertiary/aromatic N) is 2. The van der Waals surface area contributed by atoms with Crippen LogP contribution < -0.4 is 10.6 Å². The Morgan fingerprint density at radius 2 is 2.38 bits per heavy atom. The van der Waals surface area contributed by atoms with Gasteiger partial charge in [0.15, 0.2) is 0 Å². The van der Waals surface area contributed by atoms with E-state index in [1.54, 1.807) is 24.7 Å². The van der Waals surface area contributed by atoms with E-state index in [0.29, 0.717) is 18.5 Å². The first-order valence-corrected chi connectivity index (χ1v) is 6.81. The molecular weight excluding hydrogens is 268 g/mol. The summed E-state index contributed by atoms with van der Waals surface area (Å²) < 4.78 is 1.91. The lowest BCUT2D eigenvalue weighted by molar-refractivity contribution is -0.115. The number of carbonyl (C=O) groups is 2. The number of hydrogen-bond donors (Lipinski definition) is 2. The molecule has 0 fully saturated rings. The Kier molecular flexibility index (Phi) is 3.43. The van der Waals surface area contributed by atoms with Gasteiger partial charge in [-0.2, -0.15) is 0 Å². The molecular formula is C15H16N4O2. The molecule has 21 heavy (non-hydrogen) atoms. The van der Waals surface area contributed by atoms with Crippen LogP contribution in [0.4, 0.5) is 5.69 Å². The highest BCUT2D eigenvalue weighted by atomic mass is 16.2. The van der Waals surface area contributed by atoms with E-state index in [4.69, 9.17) is 0 Å². The quantitative estimate of drug-likeness (QED) is 0.885. The van der Waals surface area contributed by atoms with Gasteiger partial charge in [-0.3, -0.25) is 9.59 Å². The van der Waals surface area contributed by atoms with Crippen molar-refractivity contribution in [1.82, 2.24) is 14.9 Å². The molecule has 2 amide bonds. The Labute approximate surface area is 122 Å². The second kappa shape index (κ2) is 5.40. The Hall–Kier alpha value is -2.63. The molecule has 1 atom stereocenters. The summed E-state index contributed by atoms with van der Waals surface area (Å²) in [6, 6.07) is 5.27. The summed E-state index contributed by atoms with van der Waals surface area (Å²) in [6.07, 6.45) is 5.66. The molecule has 0 radical (unpaired) electrons. The minimum absolute atomic E-state index is 0.0189. The first-order chi connectivity index (χ1) is 10.1. The second-order valence-corrected chi connectivity index (χ2v) is 5.23. The number of nitrogens with one attached hydrogen (secondary N) is 2. The molecule has 2 aromatic rings. The minimum atomic E-state index is -0.147. The van der Waals surface area contributed by atoms with Gasteiger partial charge in [-0.1, -0.05) is 6.07 Å². The lowest BCUT2D eigenvalue weighted by atomic mass is 10.1. The van der Waals surface area contributed by atoms with E-state index in [0.717, 1.165) is 11.3 Å². The summed E-state index contributed by atoms with van der Waals surface area (Å²) in [5, 5.41) is 5.69. The average molecular weight is 284 g/mol. The molecule has 108 valence electrons. The van der Waals surface area contributed by atoms with Crippen LogP contribution in [0.2, 0.25) is 0 Å². The lowest BCUT2D eigenvalue weighted by Gasteiger charge is -2.14. The third-order valence-electron chi connectivity index (χ3n) is 3.42. The Morgan fingerprint density at radius 1 is 1.52 bits per heavy atom. The molecule has 0 saturated carbocycles. The monoisotopic (exact) mass is 284 g/mol. The van der Waals surface area contributed by atoms with Crippen molar-refractivity contribution in [2.75, 3.05) is 5.32 Å². The summed E-state index contributed by atoms with van der Waals surface area (Å²) in [5.74, 6) is -0.178. The van der Waals surface area contributed by atoms with E-state index in [2.05, 4.69) is 15.6 Å². The van der Waals surface area contributed by atoms with Gasteiger partial charge >= 0.3 is 0 Å². The maximum Gasteiger partial charge on any atom is 0.251 e. The predicted molar refractivity (Wildman–Crippen MR) is 77.9 cm³/mol. The number of rotatable bonds is 4. The van der Waals surface area contributed by atoms with Crippen molar-refractivity contribution in [3.63, 3.8) is 0 Å². The van der Waals surface area contributed by atoms with Crippen molar-refractivity contribution in [2.45, 2.75) is 25.9 Å². The molecule has 0 bridgehead atoms. The predicted octanol–water partition coefficient (Wildman–Crippen LogP) is 1.20. The van der Waals surface area contributed by atoms with Gasteiger partial charge in [0.1, 0.15) is 0 Å². The Balaban J connectivity index is 1.66. The maximum absolute atomic E-state index is 12.2. The van der Waals surface area contributed by atoms with E-state index in [1.165, 1.54) is 0 Å². The summed E-state index contributed by atoms with van der Waals surface area (Å²) in [7, 11) is 0. The number of fused-ring (bicyclic) bond motifs is 1. The number of carbonyl (C=O) groups excluding carboxylic acids is 2. The van der Waals surface area contributed by atoms with Gasteiger partial charge in [0.05, 0.1) is 12.7 Å². The van der Waals surface area contributed by atoms with Crippen molar-refractivity contribution in [2.24, 2.45) is 0 Å². The zero-order valence-electron chi connectivity index (χ0n) is 11.7. The van der Waals surface area contributed by atoms with Crippen molar-refractivity contribution in [1.29, 1.82) is 0 Å². The zero-order chi connectivity index (χ0) is 14.8. The number of anilines is 1. The third-order valence-corrected chi connectivity index (χ3v) is 3.42. The molecule has 0 saturated heterocycles. The fraction of sp³-hybridized carbons (Fsp3) is 0.267. The highest BCUT2D eigenvalue weighted by molar-refractivity contribution is 6.02. The average Bonchev–Trinajstić information content (AvgIpc) is 3.05. The summed E-state index contributed by atoms with van der Waals surface area (Å²) in [6.45, 7) is 2.60. The van der Waals surface area contributed by atoms with E-state index in [1.807, 2.05) is 23.8 Å². The Bertz CT molecular complexity index is 679. The van der Waals surface area contributed by atoms with Crippen LogP contribution in [0.25, 0.3) is 0 Å². The molecule has 6 nitrogen and oxygen atoms in total. The van der Waals surface area contributed by atoms with Crippen LogP contribution in [0.1, 0.15) is 22.8 Å². The first-order valence-electron chi connectivity index (χ1n) is 6.81. The van der Waals surface area contributed by atoms with Gasteiger partial charge in [-0.25, -0.2) is 4.98 Å². The number of benzene rings is 1. The van der Waals surface area contributed by atoms with E-state index < -0.39 is 0 Å². The van der Waals surface area contributed by atoms with Crippen LogP contribution in [0.15, 0.2) is 36.9 Å². The van der Waals surface area contributed by atoms with Crippen LogP contribution in [-0.2, 0) is 17.8 Å². The van der Waals surface area contributed by atoms with Crippen LogP contribution in [0.3, 0.4) is 0 Å². The van der Waals surface area contributed by atoms with Gasteiger partial charge in [0.25, 0.3) is 5.91 Å². The maximum atomic E-state index is 12.2. The highest BCUT2D eigenvalue weighted by Crippen LogP contribution is 2.23. The lowest BCUT2D eigenvalue weighted by Crippen LogP contribution is -2.35. The van der Waals surface area contributed by atoms with Crippen LogP contribution in [-0.4, -0.2) is 27.4 Å². The number of hydrogen-bond acceptors (Lipinski definition) is 3. The Morgan fingerprint density at radius 3 is 3.14 bits per heavy atom. The molecule has 1 unspecified atom stereocenters. The standard InChI is InChI=1S/C15H16N4O2/c1-10(8-19-5-4-16-9-19)17-15(21)12-3-2-11-7-14(20)18-13(11)6-12/h2-6,9-10H,7-8H2,1H3,(H,17,21)(H,18,20). The van der Waals surface area contributed by atoms with E-state index in [9.17, 15) is 9.59 Å². The molecule has 0 aliphatic carbocycles. The van der Waals surface area contributed by atoms with Crippen molar-refractivity contribution >= 4 is 17.5 Å². The fourth-order valence-electron chi connectivity index (χ4n) is 2.42. The van der Waals surface area contributed by atoms with Crippen molar-refractivity contribution in [3.05, 3.63) is 48.0 Å². The van der Waals surface area contributed by atoms with Gasteiger partial charge in [0.2, 0.25) is 5.91 Å². The molecule has 1 aliphatic heterocycles. The van der Waals surface area contributed by atoms with E-state index >= 15 is 0 Å². The van der Waals surface area contributed by atoms with Crippen LogP contribution in [0, 0.1) is 0 Å². The number of aromatic nitrogens is 2. The van der Waals surface area contributed by atoms with Gasteiger partial charge in [-0.05, 0) is 24.6 Å². The SMILES string of the molecule is CC(Cn1ccnc1)NC(=O)c1ccc2c(c1)NC(=O)C2. The van der Waals surface area contributed by atoms with Gasteiger partial charge < -0.3 is 15.2 Å². The summed E-state index contributed by atoms with van der Waals surface area (Å²) in [4.78, 5) is 27.5. The molecule has 0 spiro atoms. The molecule has 3 rings (SSSR count). The van der Waals surface area contributed by atoms with Gasteiger partial charge in [-0.15, -0.1) is 0 Å². The molecule has 1 aliphatic rings. The van der Waals surface area contributed by atoms with Gasteiger partial charge in [0, 0.05) is 36.2 Å². The largest absolute Gasteiger partial charge is 0.348 e. The van der Waals surface area contributed by atoms with Crippen molar-refractivity contribution < 1.29 is 9.59 Å². The summed E-state index contributed by atoms with van der Waals surface area (Å²) >= 11 is 0. The van der Waals surface area contributed by atoms with Crippen LogP contribution >= 0.6 is 0 Å². The normalized spacial score (nSPS) is 14.4. The first kappa shape index (κ1) is 13.4. The third kappa shape index (κ3) is 2.94. The van der Waals surface area contributed by atoms with Crippen LogP contribution in [0.5, 0.6) is 0 Å². The number of amides is 2. The molecule has 2 N–H and O–H groups in total. The molecule has 1 aromatic carbocycles. The number of imidazole rings is 1. The summed E-state index contributed by atoms with van der Waals surface area (Å²) in [5.41, 5.74) is 2.21. The van der Waals surface area contributed by atoms with E-state index in [-0.39, 0.29) is 17.9 Å². The highest BCUT2D eigenvalue weighted by Gasteiger charge is 2.19. The zero-order valence-corrected chi connectivity index (χ0v) is 11.7.